The lowest BCUT2D eigenvalue weighted by atomic mass is 9.62. The van der Waals surface area contributed by atoms with E-state index in [0.29, 0.717) is 12.5 Å². The fraction of sp³-hybridized carbons (Fsp3) is 0.407. The Kier molecular flexibility index (Phi) is 5.83. The van der Waals surface area contributed by atoms with Gasteiger partial charge in [-0.15, -0.1) is 0 Å². The van der Waals surface area contributed by atoms with E-state index in [-0.39, 0.29) is 17.6 Å². The Morgan fingerprint density at radius 3 is 2.53 bits per heavy atom. The van der Waals surface area contributed by atoms with Gasteiger partial charge in [-0.25, -0.2) is 0 Å². The summed E-state index contributed by atoms with van der Waals surface area (Å²) in [4.78, 5) is 18.1. The second-order valence-corrected chi connectivity index (χ2v) is 9.18. The van der Waals surface area contributed by atoms with Crippen molar-refractivity contribution in [2.45, 2.75) is 56.9 Å². The molecule has 0 radical (unpaired) electrons. The van der Waals surface area contributed by atoms with Crippen molar-refractivity contribution in [3.05, 3.63) is 81.6 Å². The molecular weight excluding hydrogens is 398 g/mol. The molecule has 3 aromatic rings. The minimum Gasteiger partial charge on any atom is -0.395 e. The first-order valence-electron chi connectivity index (χ1n) is 11.8. The Labute approximate surface area is 189 Å². The summed E-state index contributed by atoms with van der Waals surface area (Å²) in [6, 6.07) is 19.0. The van der Waals surface area contributed by atoms with Crippen LogP contribution in [-0.2, 0) is 24.8 Å². The second-order valence-electron chi connectivity index (χ2n) is 9.18. The number of fused-ring (bicyclic) bond motifs is 4. The summed E-state index contributed by atoms with van der Waals surface area (Å²) in [5.41, 5.74) is 5.46. The first-order valence-corrected chi connectivity index (χ1v) is 11.8. The molecule has 1 fully saturated rings. The fourth-order valence-corrected chi connectivity index (χ4v) is 5.73. The summed E-state index contributed by atoms with van der Waals surface area (Å²) in [5, 5.41) is 12.6. The van der Waals surface area contributed by atoms with Crippen LogP contribution in [0.4, 0.5) is 5.95 Å². The highest BCUT2D eigenvalue weighted by molar-refractivity contribution is 5.73. The molecule has 1 aromatic heterocycles. The van der Waals surface area contributed by atoms with Crippen molar-refractivity contribution in [2.75, 3.05) is 18.5 Å². The largest absolute Gasteiger partial charge is 0.395 e. The van der Waals surface area contributed by atoms with Crippen LogP contribution < -0.4 is 10.9 Å². The number of rotatable bonds is 6. The van der Waals surface area contributed by atoms with Crippen LogP contribution in [0.25, 0.3) is 11.3 Å². The predicted molar refractivity (Wildman–Crippen MR) is 128 cm³/mol. The molecule has 2 aliphatic rings. The molecule has 5 heteroatoms. The molecule has 32 heavy (non-hydrogen) atoms. The van der Waals surface area contributed by atoms with Crippen molar-refractivity contribution in [1.82, 2.24) is 9.55 Å². The van der Waals surface area contributed by atoms with Crippen LogP contribution in [-0.4, -0.2) is 27.8 Å². The Hall–Kier alpha value is -2.92. The molecule has 1 spiro atoms. The Balaban J connectivity index is 1.71. The van der Waals surface area contributed by atoms with Crippen molar-refractivity contribution >= 4 is 5.95 Å². The van der Waals surface area contributed by atoms with Gasteiger partial charge in [0.2, 0.25) is 5.95 Å². The predicted octanol–water partition coefficient (Wildman–Crippen LogP) is 4.32. The van der Waals surface area contributed by atoms with E-state index in [4.69, 9.17) is 0 Å². The third-order valence-electron chi connectivity index (χ3n) is 7.19. The summed E-state index contributed by atoms with van der Waals surface area (Å²) in [7, 11) is 0. The maximum atomic E-state index is 13.5. The van der Waals surface area contributed by atoms with Crippen LogP contribution in [0.15, 0.2) is 59.4 Å². The van der Waals surface area contributed by atoms with E-state index in [9.17, 15) is 9.90 Å². The molecule has 2 aromatic carbocycles. The number of hydrogen-bond acceptors (Lipinski definition) is 4. The van der Waals surface area contributed by atoms with E-state index in [1.807, 2.05) is 6.07 Å². The standard InChI is InChI=1S/C27H31N3O2/c31-18-16-28-26-29-25(32)23-24(30(26)17-13-20-9-3-1-4-10-20)22-12-6-5-11-21(22)19-27(23)14-7-2-8-15-27/h1,3-6,9-12,31H,2,7-8,13-19H2,(H,28,29,32). The maximum absolute atomic E-state index is 13.5. The highest BCUT2D eigenvalue weighted by Crippen LogP contribution is 2.49. The molecular formula is C27H31N3O2. The summed E-state index contributed by atoms with van der Waals surface area (Å²) < 4.78 is 2.20. The third-order valence-corrected chi connectivity index (χ3v) is 7.19. The highest BCUT2D eigenvalue weighted by Gasteiger charge is 2.43. The van der Waals surface area contributed by atoms with E-state index in [1.165, 1.54) is 17.5 Å². The molecule has 0 unspecified atom stereocenters. The number of benzene rings is 2. The highest BCUT2D eigenvalue weighted by atomic mass is 16.3. The lowest BCUT2D eigenvalue weighted by molar-refractivity contribution is 0.283. The van der Waals surface area contributed by atoms with Crippen LogP contribution in [0.5, 0.6) is 0 Å². The second kappa shape index (κ2) is 8.91. The molecule has 1 saturated carbocycles. The van der Waals surface area contributed by atoms with E-state index >= 15 is 0 Å². The minimum atomic E-state index is -0.115. The van der Waals surface area contributed by atoms with Gasteiger partial charge >= 0.3 is 0 Å². The normalized spacial score (nSPS) is 16.4. The molecule has 0 saturated heterocycles. The van der Waals surface area contributed by atoms with Crippen molar-refractivity contribution in [3.8, 4) is 11.3 Å². The molecule has 166 valence electrons. The molecule has 0 atom stereocenters. The molecule has 0 bridgehead atoms. The quantitative estimate of drug-likeness (QED) is 0.613. The van der Waals surface area contributed by atoms with E-state index < -0.39 is 0 Å². The summed E-state index contributed by atoms with van der Waals surface area (Å²) in [5.74, 6) is 0.557. The van der Waals surface area contributed by atoms with Gasteiger partial charge in [-0.2, -0.15) is 4.98 Å². The van der Waals surface area contributed by atoms with E-state index in [2.05, 4.69) is 63.4 Å². The van der Waals surface area contributed by atoms with Gasteiger partial charge in [-0.05, 0) is 36.8 Å². The monoisotopic (exact) mass is 429 g/mol. The van der Waals surface area contributed by atoms with Crippen molar-refractivity contribution in [1.29, 1.82) is 0 Å². The molecule has 0 amide bonds. The smallest absolute Gasteiger partial charge is 0.278 e. The van der Waals surface area contributed by atoms with Crippen molar-refractivity contribution < 1.29 is 5.11 Å². The fourth-order valence-electron chi connectivity index (χ4n) is 5.73. The number of nitrogens with zero attached hydrogens (tertiary/aromatic N) is 2. The molecule has 1 heterocycles. The number of aliphatic hydroxyl groups is 1. The average molecular weight is 430 g/mol. The first-order chi connectivity index (χ1) is 15.7. The van der Waals surface area contributed by atoms with Crippen molar-refractivity contribution in [3.63, 3.8) is 0 Å². The Morgan fingerprint density at radius 1 is 1.00 bits per heavy atom. The van der Waals surface area contributed by atoms with Crippen LogP contribution >= 0.6 is 0 Å². The Bertz CT molecular complexity index is 1150. The lowest BCUT2D eigenvalue weighted by Crippen LogP contribution is -2.42. The molecule has 2 aliphatic carbocycles. The van der Waals surface area contributed by atoms with Gasteiger partial charge in [0.15, 0.2) is 0 Å². The van der Waals surface area contributed by atoms with Crippen molar-refractivity contribution in [2.24, 2.45) is 0 Å². The molecule has 5 nitrogen and oxygen atoms in total. The number of anilines is 1. The topological polar surface area (TPSA) is 67.2 Å². The SMILES string of the molecule is O=c1nc(NCCO)n(CCc2ccccc2)c2c1C1(CCCCC1)Cc1ccccc1-2. The number of aryl methyl sites for hydroxylation is 1. The van der Waals surface area contributed by atoms with Crippen LogP contribution in [0.3, 0.4) is 0 Å². The van der Waals surface area contributed by atoms with Gasteiger partial charge in [0.05, 0.1) is 17.9 Å². The number of nitrogens with one attached hydrogen (secondary N) is 1. The number of aromatic nitrogens is 2. The molecule has 2 N–H and O–H groups in total. The van der Waals surface area contributed by atoms with Crippen LogP contribution in [0, 0.1) is 0 Å². The zero-order chi connectivity index (χ0) is 22.0. The Morgan fingerprint density at radius 2 is 1.75 bits per heavy atom. The first kappa shape index (κ1) is 21.0. The molecule has 5 rings (SSSR count). The summed E-state index contributed by atoms with van der Waals surface area (Å²) >= 11 is 0. The van der Waals surface area contributed by atoms with Gasteiger partial charge in [0.1, 0.15) is 0 Å². The van der Waals surface area contributed by atoms with Gasteiger partial charge in [-0.3, -0.25) is 4.79 Å². The van der Waals surface area contributed by atoms with E-state index in [0.717, 1.165) is 61.9 Å². The van der Waals surface area contributed by atoms with Gasteiger partial charge in [-0.1, -0.05) is 73.9 Å². The number of hydrogen-bond donors (Lipinski definition) is 2. The molecule has 0 aliphatic heterocycles. The van der Waals surface area contributed by atoms with Gasteiger partial charge in [0, 0.05) is 24.1 Å². The van der Waals surface area contributed by atoms with Gasteiger partial charge < -0.3 is 15.0 Å². The lowest BCUT2D eigenvalue weighted by Gasteiger charge is -2.43. The van der Waals surface area contributed by atoms with Crippen LogP contribution in [0.2, 0.25) is 0 Å². The zero-order valence-electron chi connectivity index (χ0n) is 18.5. The van der Waals surface area contributed by atoms with Crippen LogP contribution in [0.1, 0.15) is 48.8 Å². The van der Waals surface area contributed by atoms with E-state index in [1.54, 1.807) is 0 Å². The third kappa shape index (κ3) is 3.75. The minimum absolute atomic E-state index is 0.00777. The zero-order valence-corrected chi connectivity index (χ0v) is 18.5. The summed E-state index contributed by atoms with van der Waals surface area (Å²) in [6.45, 7) is 1.08. The maximum Gasteiger partial charge on any atom is 0.278 e. The number of aliphatic hydroxyl groups excluding tert-OH is 1. The van der Waals surface area contributed by atoms with Gasteiger partial charge in [0.25, 0.3) is 5.56 Å². The summed E-state index contributed by atoms with van der Waals surface area (Å²) in [6.07, 6.45) is 7.44. The average Bonchev–Trinajstić information content (AvgIpc) is 2.83.